The molecule has 0 bridgehead atoms. The van der Waals surface area contributed by atoms with E-state index in [2.05, 4.69) is 10.1 Å². The SMILES string of the molecule is O=C(Nc1cc(F)c(F)c(Cl)c1)OC(=O)N1CCCC1. The van der Waals surface area contributed by atoms with Crippen LogP contribution in [-0.2, 0) is 4.74 Å². The first-order chi connectivity index (χ1) is 9.47. The Morgan fingerprint density at radius 3 is 2.50 bits per heavy atom. The summed E-state index contributed by atoms with van der Waals surface area (Å²) in [6.45, 7) is 1.06. The van der Waals surface area contributed by atoms with Crippen LogP contribution in [0, 0.1) is 11.6 Å². The highest BCUT2D eigenvalue weighted by Crippen LogP contribution is 2.23. The summed E-state index contributed by atoms with van der Waals surface area (Å²) in [6.07, 6.45) is -0.136. The van der Waals surface area contributed by atoms with Crippen molar-refractivity contribution < 1.29 is 23.1 Å². The molecule has 2 rings (SSSR count). The molecule has 1 aromatic carbocycles. The van der Waals surface area contributed by atoms with E-state index in [1.54, 1.807) is 0 Å². The number of nitrogens with one attached hydrogen (secondary N) is 1. The van der Waals surface area contributed by atoms with Gasteiger partial charge in [-0.2, -0.15) is 0 Å². The zero-order valence-electron chi connectivity index (χ0n) is 10.3. The largest absolute Gasteiger partial charge is 0.420 e. The van der Waals surface area contributed by atoms with E-state index in [-0.39, 0.29) is 5.69 Å². The molecule has 1 fully saturated rings. The van der Waals surface area contributed by atoms with E-state index in [4.69, 9.17) is 11.6 Å². The van der Waals surface area contributed by atoms with Crippen molar-refractivity contribution >= 4 is 29.5 Å². The topological polar surface area (TPSA) is 58.6 Å². The summed E-state index contributed by atoms with van der Waals surface area (Å²) in [5, 5.41) is 1.63. The van der Waals surface area contributed by atoms with Gasteiger partial charge in [-0.15, -0.1) is 0 Å². The molecule has 20 heavy (non-hydrogen) atoms. The summed E-state index contributed by atoms with van der Waals surface area (Å²) in [7, 11) is 0. The number of benzene rings is 1. The first-order valence-corrected chi connectivity index (χ1v) is 6.27. The van der Waals surface area contributed by atoms with Crippen LogP contribution < -0.4 is 5.32 Å². The molecule has 1 N–H and O–H groups in total. The van der Waals surface area contributed by atoms with Gasteiger partial charge in [0.1, 0.15) is 0 Å². The molecule has 8 heteroatoms. The summed E-state index contributed by atoms with van der Waals surface area (Å²) in [5.74, 6) is -2.42. The van der Waals surface area contributed by atoms with Gasteiger partial charge in [-0.3, -0.25) is 5.32 Å². The first kappa shape index (κ1) is 14.5. The monoisotopic (exact) mass is 304 g/mol. The molecule has 0 radical (unpaired) electrons. The lowest BCUT2D eigenvalue weighted by atomic mass is 10.3. The zero-order valence-corrected chi connectivity index (χ0v) is 11.0. The van der Waals surface area contributed by atoms with Crippen molar-refractivity contribution in [3.05, 3.63) is 28.8 Å². The molecule has 5 nitrogen and oxygen atoms in total. The van der Waals surface area contributed by atoms with E-state index in [1.807, 2.05) is 0 Å². The standard InChI is InChI=1S/C12H11ClF2N2O3/c13-8-5-7(6-9(14)10(8)15)16-11(18)20-12(19)17-3-1-2-4-17/h5-6H,1-4H2,(H,16,18). The fraction of sp³-hybridized carbons (Fsp3) is 0.333. The minimum absolute atomic E-state index is 0.104. The second-order valence-corrected chi connectivity index (χ2v) is 4.64. The lowest BCUT2D eigenvalue weighted by Crippen LogP contribution is -2.31. The zero-order chi connectivity index (χ0) is 14.7. The van der Waals surface area contributed by atoms with Crippen LogP contribution in [-0.4, -0.2) is 30.2 Å². The minimum Gasteiger partial charge on any atom is -0.359 e. The number of ether oxygens (including phenoxy) is 1. The average molecular weight is 305 g/mol. The summed E-state index contributed by atoms with van der Waals surface area (Å²) in [4.78, 5) is 24.4. The highest BCUT2D eigenvalue weighted by molar-refractivity contribution is 6.31. The summed E-state index contributed by atoms with van der Waals surface area (Å²) in [6, 6.07) is 1.75. The molecule has 0 saturated carbocycles. The van der Waals surface area contributed by atoms with Gasteiger partial charge in [-0.1, -0.05) is 11.6 Å². The molecular formula is C12H11ClF2N2O3. The number of nitrogens with zero attached hydrogens (tertiary/aromatic N) is 1. The Morgan fingerprint density at radius 1 is 1.25 bits per heavy atom. The van der Waals surface area contributed by atoms with Gasteiger partial charge in [0.05, 0.1) is 5.02 Å². The molecule has 0 atom stereocenters. The van der Waals surface area contributed by atoms with Crippen molar-refractivity contribution in [2.24, 2.45) is 0 Å². The van der Waals surface area contributed by atoms with Gasteiger partial charge in [0, 0.05) is 24.8 Å². The highest BCUT2D eigenvalue weighted by Gasteiger charge is 2.22. The number of hydrogen-bond acceptors (Lipinski definition) is 3. The smallest absolute Gasteiger partial charge is 0.359 e. The average Bonchev–Trinajstić information content (AvgIpc) is 2.89. The Morgan fingerprint density at radius 2 is 1.90 bits per heavy atom. The van der Waals surface area contributed by atoms with Gasteiger partial charge in [-0.25, -0.2) is 18.4 Å². The van der Waals surface area contributed by atoms with Gasteiger partial charge in [0.25, 0.3) is 0 Å². The maximum atomic E-state index is 13.1. The Labute approximate surface area is 118 Å². The van der Waals surface area contributed by atoms with E-state index in [1.165, 1.54) is 4.90 Å². The van der Waals surface area contributed by atoms with Crippen molar-refractivity contribution in [3.8, 4) is 0 Å². The molecule has 1 heterocycles. The minimum atomic E-state index is -1.21. The molecule has 0 unspecified atom stereocenters. The fourth-order valence-corrected chi connectivity index (χ4v) is 2.02. The number of carbonyl (C=O) groups is 2. The Balaban J connectivity index is 1.96. The molecule has 1 aromatic rings. The van der Waals surface area contributed by atoms with Crippen molar-refractivity contribution in [1.29, 1.82) is 0 Å². The van der Waals surface area contributed by atoms with E-state index >= 15 is 0 Å². The predicted octanol–water partition coefficient (Wildman–Crippen LogP) is 3.38. The van der Waals surface area contributed by atoms with Crippen LogP contribution in [0.4, 0.5) is 24.1 Å². The van der Waals surface area contributed by atoms with Crippen molar-refractivity contribution in [3.63, 3.8) is 0 Å². The van der Waals surface area contributed by atoms with Gasteiger partial charge in [0.15, 0.2) is 11.6 Å². The van der Waals surface area contributed by atoms with Crippen LogP contribution in [0.2, 0.25) is 5.02 Å². The van der Waals surface area contributed by atoms with Crippen LogP contribution in [0.15, 0.2) is 12.1 Å². The molecule has 0 aromatic heterocycles. The van der Waals surface area contributed by atoms with Crippen LogP contribution >= 0.6 is 11.6 Å². The second-order valence-electron chi connectivity index (χ2n) is 4.23. The van der Waals surface area contributed by atoms with Gasteiger partial charge in [0.2, 0.25) is 0 Å². The lowest BCUT2D eigenvalue weighted by molar-refractivity contribution is 0.132. The van der Waals surface area contributed by atoms with Crippen LogP contribution in [0.3, 0.4) is 0 Å². The number of likely N-dealkylation sites (tertiary alicyclic amines) is 1. The maximum absolute atomic E-state index is 13.1. The molecule has 108 valence electrons. The number of hydrogen-bond donors (Lipinski definition) is 1. The number of rotatable bonds is 1. The maximum Gasteiger partial charge on any atom is 0.420 e. The Bertz CT molecular complexity index is 524. The van der Waals surface area contributed by atoms with Gasteiger partial charge < -0.3 is 9.64 Å². The number of anilines is 1. The number of halogens is 3. The molecule has 0 spiro atoms. The van der Waals surface area contributed by atoms with Crippen molar-refractivity contribution in [2.45, 2.75) is 12.8 Å². The summed E-state index contributed by atoms with van der Waals surface area (Å²) in [5.41, 5.74) is -0.104. The normalized spacial score (nSPS) is 14.2. The van der Waals surface area contributed by atoms with E-state index in [0.29, 0.717) is 13.1 Å². The summed E-state index contributed by atoms with van der Waals surface area (Å²) < 4.78 is 30.5. The van der Waals surface area contributed by atoms with Crippen LogP contribution in [0.5, 0.6) is 0 Å². The van der Waals surface area contributed by atoms with Gasteiger partial charge in [-0.05, 0) is 18.9 Å². The van der Waals surface area contributed by atoms with Crippen molar-refractivity contribution in [2.75, 3.05) is 18.4 Å². The quantitative estimate of drug-likeness (QED) is 0.639. The molecule has 0 aliphatic carbocycles. The van der Waals surface area contributed by atoms with E-state index < -0.39 is 28.8 Å². The first-order valence-electron chi connectivity index (χ1n) is 5.89. The Hall–Kier alpha value is -1.89. The van der Waals surface area contributed by atoms with E-state index in [9.17, 15) is 18.4 Å². The molecule has 1 aliphatic heterocycles. The predicted molar refractivity (Wildman–Crippen MR) is 67.7 cm³/mol. The third kappa shape index (κ3) is 3.36. The van der Waals surface area contributed by atoms with Crippen LogP contribution in [0.25, 0.3) is 0 Å². The summed E-state index contributed by atoms with van der Waals surface area (Å²) >= 11 is 5.43. The fourth-order valence-electron chi connectivity index (χ4n) is 1.81. The molecule has 1 aliphatic rings. The molecule has 2 amide bonds. The number of amides is 2. The number of carbonyl (C=O) groups excluding carboxylic acids is 2. The molecule has 1 saturated heterocycles. The van der Waals surface area contributed by atoms with E-state index in [0.717, 1.165) is 25.0 Å². The Kier molecular flexibility index (Phi) is 4.39. The highest BCUT2D eigenvalue weighted by atomic mass is 35.5. The third-order valence-corrected chi connectivity index (χ3v) is 3.05. The van der Waals surface area contributed by atoms with Gasteiger partial charge >= 0.3 is 12.2 Å². The molecular weight excluding hydrogens is 294 g/mol. The third-order valence-electron chi connectivity index (χ3n) is 2.77. The van der Waals surface area contributed by atoms with Crippen LogP contribution in [0.1, 0.15) is 12.8 Å². The second kappa shape index (κ2) is 6.04. The lowest BCUT2D eigenvalue weighted by Gasteiger charge is -2.14. The van der Waals surface area contributed by atoms with Crippen molar-refractivity contribution in [1.82, 2.24) is 4.90 Å².